The van der Waals surface area contributed by atoms with Crippen molar-refractivity contribution < 1.29 is 22.7 Å². The van der Waals surface area contributed by atoms with Gasteiger partial charge in [-0.15, -0.1) is 0 Å². The molecule has 0 saturated carbocycles. The number of hydrogen-bond acceptors (Lipinski definition) is 3. The summed E-state index contributed by atoms with van der Waals surface area (Å²) < 4.78 is 45.6. The van der Waals surface area contributed by atoms with Gasteiger partial charge in [0.15, 0.2) is 0 Å². The molecular formula is C15H14F3N3O2. The Morgan fingerprint density at radius 1 is 1.39 bits per heavy atom. The Hall–Kier alpha value is -2.51. The maximum Gasteiger partial charge on any atom is 0.416 e. The number of fused-ring (bicyclic) bond motifs is 1. The van der Waals surface area contributed by atoms with Gasteiger partial charge in [0, 0.05) is 12.4 Å². The Morgan fingerprint density at radius 2 is 2.17 bits per heavy atom. The molecule has 1 aromatic heterocycles. The molecule has 0 spiro atoms. The van der Waals surface area contributed by atoms with Crippen molar-refractivity contribution in [2.24, 2.45) is 0 Å². The van der Waals surface area contributed by atoms with Crippen molar-refractivity contribution >= 4 is 11.6 Å². The van der Waals surface area contributed by atoms with Gasteiger partial charge < -0.3 is 9.64 Å². The monoisotopic (exact) mass is 325 g/mol. The Labute approximate surface area is 130 Å². The quantitative estimate of drug-likeness (QED) is 0.853. The van der Waals surface area contributed by atoms with Crippen LogP contribution >= 0.6 is 0 Å². The van der Waals surface area contributed by atoms with Crippen molar-refractivity contribution in [2.75, 3.05) is 18.1 Å². The normalized spacial score (nSPS) is 15.7. The molecule has 1 aliphatic heterocycles. The number of ether oxygens (including phenoxy) is 1. The number of halogens is 3. The number of carbonyl (C=O) groups excluding carboxylic acids is 1. The topological polar surface area (TPSA) is 47.4 Å². The molecule has 0 unspecified atom stereocenters. The molecule has 2 heterocycles. The Bertz CT molecular complexity index is 713. The number of anilines is 1. The summed E-state index contributed by atoms with van der Waals surface area (Å²) in [5.41, 5.74) is -0.679. The number of rotatable bonds is 2. The van der Waals surface area contributed by atoms with Crippen molar-refractivity contribution in [3.05, 3.63) is 42.2 Å². The van der Waals surface area contributed by atoms with Gasteiger partial charge in [-0.3, -0.25) is 9.48 Å². The van der Waals surface area contributed by atoms with Crippen LogP contribution in [0, 0.1) is 0 Å². The van der Waals surface area contributed by atoms with Crippen LogP contribution < -0.4 is 9.64 Å². The second-order valence-electron chi connectivity index (χ2n) is 5.18. The first kappa shape index (κ1) is 15.4. The third-order valence-electron chi connectivity index (χ3n) is 3.69. The highest BCUT2D eigenvalue weighted by molar-refractivity contribution is 5.97. The van der Waals surface area contributed by atoms with Gasteiger partial charge >= 0.3 is 6.18 Å². The molecule has 2 aromatic rings. The molecule has 5 nitrogen and oxygen atoms in total. The zero-order valence-electron chi connectivity index (χ0n) is 12.2. The van der Waals surface area contributed by atoms with Crippen LogP contribution in [0.2, 0.25) is 0 Å². The SMILES string of the molecule is C[C@@H](C(=O)N1CCOc2ccc(C(F)(F)F)cc21)n1cccn1. The molecule has 0 aliphatic carbocycles. The average molecular weight is 325 g/mol. The molecule has 1 amide bonds. The predicted octanol–water partition coefficient (Wildman–Crippen LogP) is 2.89. The highest BCUT2D eigenvalue weighted by atomic mass is 19.4. The van der Waals surface area contributed by atoms with Crippen LogP contribution in [0.1, 0.15) is 18.5 Å². The van der Waals surface area contributed by atoms with Crippen LogP contribution in [0.3, 0.4) is 0 Å². The predicted molar refractivity (Wildman–Crippen MR) is 76.2 cm³/mol. The van der Waals surface area contributed by atoms with E-state index in [1.807, 2.05) is 0 Å². The number of nitrogens with zero attached hydrogens (tertiary/aromatic N) is 3. The van der Waals surface area contributed by atoms with E-state index < -0.39 is 17.8 Å². The summed E-state index contributed by atoms with van der Waals surface area (Å²) in [4.78, 5) is 14.0. The first-order chi connectivity index (χ1) is 10.9. The Morgan fingerprint density at radius 3 is 2.83 bits per heavy atom. The van der Waals surface area contributed by atoms with Crippen molar-refractivity contribution in [1.29, 1.82) is 0 Å². The summed E-state index contributed by atoms with van der Waals surface area (Å²) in [5.74, 6) is -0.0668. The summed E-state index contributed by atoms with van der Waals surface area (Å²) >= 11 is 0. The summed E-state index contributed by atoms with van der Waals surface area (Å²) in [5, 5.41) is 4.00. The van der Waals surface area contributed by atoms with Crippen LogP contribution in [-0.4, -0.2) is 28.8 Å². The van der Waals surface area contributed by atoms with Crippen LogP contribution in [0.15, 0.2) is 36.7 Å². The van der Waals surface area contributed by atoms with E-state index in [0.717, 1.165) is 12.1 Å². The zero-order chi connectivity index (χ0) is 16.6. The molecule has 23 heavy (non-hydrogen) atoms. The smallest absolute Gasteiger partial charge is 0.416 e. The number of alkyl halides is 3. The van der Waals surface area contributed by atoms with E-state index in [4.69, 9.17) is 4.74 Å². The number of hydrogen-bond donors (Lipinski definition) is 0. The van der Waals surface area contributed by atoms with E-state index in [-0.39, 0.29) is 30.5 Å². The minimum absolute atomic E-state index is 0.134. The van der Waals surface area contributed by atoms with Crippen LogP contribution in [0.5, 0.6) is 5.75 Å². The van der Waals surface area contributed by atoms with Crippen LogP contribution in [-0.2, 0) is 11.0 Å². The maximum atomic E-state index is 12.9. The molecule has 0 bridgehead atoms. The van der Waals surface area contributed by atoms with E-state index in [9.17, 15) is 18.0 Å². The summed E-state index contributed by atoms with van der Waals surface area (Å²) in [7, 11) is 0. The molecule has 1 atom stereocenters. The number of benzene rings is 1. The average Bonchev–Trinajstić information content (AvgIpc) is 3.06. The lowest BCUT2D eigenvalue weighted by Crippen LogP contribution is -2.41. The lowest BCUT2D eigenvalue weighted by molar-refractivity contribution is -0.137. The van der Waals surface area contributed by atoms with Gasteiger partial charge in [-0.2, -0.15) is 18.3 Å². The number of carbonyl (C=O) groups is 1. The molecule has 0 fully saturated rings. The minimum atomic E-state index is -4.48. The van der Waals surface area contributed by atoms with Crippen LogP contribution in [0.4, 0.5) is 18.9 Å². The van der Waals surface area contributed by atoms with Gasteiger partial charge in [-0.1, -0.05) is 0 Å². The van der Waals surface area contributed by atoms with E-state index in [0.29, 0.717) is 0 Å². The lowest BCUT2D eigenvalue weighted by atomic mass is 10.1. The van der Waals surface area contributed by atoms with Gasteiger partial charge in [0.25, 0.3) is 5.91 Å². The summed E-state index contributed by atoms with van der Waals surface area (Å²) in [6.45, 7) is 2.08. The van der Waals surface area contributed by atoms with E-state index >= 15 is 0 Å². The molecule has 1 aliphatic rings. The van der Waals surface area contributed by atoms with E-state index in [2.05, 4.69) is 5.10 Å². The molecule has 122 valence electrons. The summed E-state index contributed by atoms with van der Waals surface area (Å²) in [6.07, 6.45) is -1.30. The Kier molecular flexibility index (Phi) is 3.75. The molecule has 1 aromatic carbocycles. The van der Waals surface area contributed by atoms with Crippen molar-refractivity contribution in [1.82, 2.24) is 9.78 Å². The fourth-order valence-electron chi connectivity index (χ4n) is 2.47. The van der Waals surface area contributed by atoms with Gasteiger partial charge in [0.1, 0.15) is 18.4 Å². The van der Waals surface area contributed by atoms with Crippen molar-refractivity contribution in [2.45, 2.75) is 19.1 Å². The summed E-state index contributed by atoms with van der Waals surface area (Å²) in [6, 6.07) is 4.20. The number of aromatic nitrogens is 2. The highest BCUT2D eigenvalue weighted by Crippen LogP contribution is 2.38. The standard InChI is InChI=1S/C15H14F3N3O2/c1-10(21-6-2-5-19-21)14(22)20-7-8-23-13-4-3-11(9-12(13)20)15(16,17)18/h2-6,9-10H,7-8H2,1H3/t10-/m0/s1. The molecule has 0 N–H and O–H groups in total. The van der Waals surface area contributed by atoms with Crippen LogP contribution in [0.25, 0.3) is 0 Å². The number of amides is 1. The largest absolute Gasteiger partial charge is 0.490 e. The molecular weight excluding hydrogens is 311 g/mol. The first-order valence-corrected chi connectivity index (χ1v) is 7.02. The fourth-order valence-corrected chi connectivity index (χ4v) is 2.47. The molecule has 8 heteroatoms. The zero-order valence-corrected chi connectivity index (χ0v) is 12.2. The minimum Gasteiger partial charge on any atom is -0.490 e. The first-order valence-electron chi connectivity index (χ1n) is 7.02. The second-order valence-corrected chi connectivity index (χ2v) is 5.18. The van der Waals surface area contributed by atoms with Gasteiger partial charge in [0.05, 0.1) is 17.8 Å². The maximum absolute atomic E-state index is 12.9. The molecule has 0 saturated heterocycles. The van der Waals surface area contributed by atoms with Crippen molar-refractivity contribution in [3.8, 4) is 5.75 Å². The van der Waals surface area contributed by atoms with Gasteiger partial charge in [0.2, 0.25) is 0 Å². The van der Waals surface area contributed by atoms with Crippen molar-refractivity contribution in [3.63, 3.8) is 0 Å². The second kappa shape index (κ2) is 5.60. The lowest BCUT2D eigenvalue weighted by Gasteiger charge is -2.32. The van der Waals surface area contributed by atoms with E-state index in [1.165, 1.54) is 15.6 Å². The highest BCUT2D eigenvalue weighted by Gasteiger charge is 2.34. The third kappa shape index (κ3) is 2.88. The molecule has 3 rings (SSSR count). The van der Waals surface area contributed by atoms with Gasteiger partial charge in [-0.05, 0) is 31.2 Å². The fraction of sp³-hybridized carbons (Fsp3) is 0.333. The van der Waals surface area contributed by atoms with Gasteiger partial charge in [-0.25, -0.2) is 0 Å². The Balaban J connectivity index is 1.95. The third-order valence-corrected chi connectivity index (χ3v) is 3.69. The van der Waals surface area contributed by atoms with E-state index in [1.54, 1.807) is 25.4 Å². The molecule has 0 radical (unpaired) electrons.